The second-order valence-electron chi connectivity index (χ2n) is 6.75. The second kappa shape index (κ2) is 7.03. The summed E-state index contributed by atoms with van der Waals surface area (Å²) in [5.74, 6) is 0.497. The molecule has 27 heavy (non-hydrogen) atoms. The normalized spacial score (nSPS) is 17.2. The average molecular weight is 389 g/mol. The lowest BCUT2D eigenvalue weighted by molar-refractivity contribution is 0.0564. The lowest BCUT2D eigenvalue weighted by Gasteiger charge is -2.26. The van der Waals surface area contributed by atoms with E-state index in [4.69, 9.17) is 4.74 Å². The standard InChI is InChI=1S/C19H20FN3O3S/c1-27(24,25)16-5-2-13(3-6-16)9-21-10-15-11-26-12-19-22-17-8-14(20)4-7-18(17)23(15)19/h2-8,15,21H,9-12H2,1H3/t15-/m0/s1. The van der Waals surface area contributed by atoms with Crippen molar-refractivity contribution in [2.24, 2.45) is 0 Å². The van der Waals surface area contributed by atoms with Crippen molar-refractivity contribution in [1.82, 2.24) is 14.9 Å². The summed E-state index contributed by atoms with van der Waals surface area (Å²) in [6.45, 7) is 2.23. The summed E-state index contributed by atoms with van der Waals surface area (Å²) in [6, 6.07) is 11.5. The largest absolute Gasteiger partial charge is 0.371 e. The highest BCUT2D eigenvalue weighted by molar-refractivity contribution is 7.90. The first-order valence-corrected chi connectivity index (χ1v) is 10.5. The molecule has 4 rings (SSSR count). The molecule has 1 aromatic heterocycles. The zero-order valence-electron chi connectivity index (χ0n) is 14.9. The monoisotopic (exact) mass is 389 g/mol. The summed E-state index contributed by atoms with van der Waals surface area (Å²) in [5.41, 5.74) is 2.53. The molecule has 2 heterocycles. The van der Waals surface area contributed by atoms with Gasteiger partial charge in [0.1, 0.15) is 18.2 Å². The lowest BCUT2D eigenvalue weighted by Crippen LogP contribution is -2.32. The summed E-state index contributed by atoms with van der Waals surface area (Å²) in [5, 5.41) is 3.38. The Morgan fingerprint density at radius 1 is 1.26 bits per heavy atom. The fourth-order valence-corrected chi connectivity index (χ4v) is 4.01. The quantitative estimate of drug-likeness (QED) is 0.726. The number of hydrogen-bond acceptors (Lipinski definition) is 5. The Morgan fingerprint density at radius 2 is 2.04 bits per heavy atom. The molecule has 0 fully saturated rings. The maximum absolute atomic E-state index is 13.5. The molecule has 0 bridgehead atoms. The Balaban J connectivity index is 1.46. The molecular formula is C19H20FN3O3S. The zero-order chi connectivity index (χ0) is 19.0. The van der Waals surface area contributed by atoms with Crippen molar-refractivity contribution < 1.29 is 17.5 Å². The van der Waals surface area contributed by atoms with Gasteiger partial charge in [-0.25, -0.2) is 17.8 Å². The maximum atomic E-state index is 13.5. The van der Waals surface area contributed by atoms with Crippen LogP contribution < -0.4 is 5.32 Å². The molecule has 2 aromatic carbocycles. The van der Waals surface area contributed by atoms with Crippen LogP contribution in [0.15, 0.2) is 47.4 Å². The smallest absolute Gasteiger partial charge is 0.175 e. The highest BCUT2D eigenvalue weighted by atomic mass is 32.2. The van der Waals surface area contributed by atoms with Crippen LogP contribution in [-0.4, -0.2) is 37.4 Å². The first-order chi connectivity index (χ1) is 12.9. The average Bonchev–Trinajstić information content (AvgIpc) is 2.99. The molecule has 1 aliphatic heterocycles. The first-order valence-electron chi connectivity index (χ1n) is 8.65. The summed E-state index contributed by atoms with van der Waals surface area (Å²) < 4.78 is 44.3. The van der Waals surface area contributed by atoms with E-state index in [9.17, 15) is 12.8 Å². The van der Waals surface area contributed by atoms with Crippen molar-refractivity contribution in [3.63, 3.8) is 0 Å². The van der Waals surface area contributed by atoms with E-state index in [1.54, 1.807) is 18.2 Å². The number of benzene rings is 2. The number of fused-ring (bicyclic) bond motifs is 3. The number of ether oxygens (including phenoxy) is 1. The molecule has 8 heteroatoms. The van der Waals surface area contributed by atoms with Crippen LogP contribution >= 0.6 is 0 Å². The van der Waals surface area contributed by atoms with Crippen molar-refractivity contribution in [1.29, 1.82) is 0 Å². The fraction of sp³-hybridized carbons (Fsp3) is 0.316. The predicted molar refractivity (Wildman–Crippen MR) is 99.6 cm³/mol. The molecule has 142 valence electrons. The van der Waals surface area contributed by atoms with Gasteiger partial charge in [-0.05, 0) is 29.8 Å². The van der Waals surface area contributed by atoms with Crippen LogP contribution in [0.1, 0.15) is 17.4 Å². The number of nitrogens with zero attached hydrogens (tertiary/aromatic N) is 2. The Labute approximate surface area is 156 Å². The SMILES string of the molecule is CS(=O)(=O)c1ccc(CNC[C@H]2COCc3nc4cc(F)ccc4n32)cc1. The zero-order valence-corrected chi connectivity index (χ0v) is 15.7. The molecule has 0 amide bonds. The van der Waals surface area contributed by atoms with E-state index in [0.29, 0.717) is 36.7 Å². The van der Waals surface area contributed by atoms with Gasteiger partial charge in [0.15, 0.2) is 9.84 Å². The molecule has 0 saturated carbocycles. The van der Waals surface area contributed by atoms with Crippen LogP contribution in [0.2, 0.25) is 0 Å². The predicted octanol–water partition coefficient (Wildman–Crippen LogP) is 2.44. The molecule has 1 N–H and O–H groups in total. The number of aromatic nitrogens is 2. The number of hydrogen-bond donors (Lipinski definition) is 1. The summed E-state index contributed by atoms with van der Waals surface area (Å²) in [6.07, 6.45) is 1.20. The minimum Gasteiger partial charge on any atom is -0.371 e. The van der Waals surface area contributed by atoms with Gasteiger partial charge in [0, 0.05) is 25.4 Å². The molecule has 0 unspecified atom stereocenters. The van der Waals surface area contributed by atoms with Gasteiger partial charge in [0.25, 0.3) is 0 Å². The van der Waals surface area contributed by atoms with Gasteiger partial charge in [-0.2, -0.15) is 0 Å². The van der Waals surface area contributed by atoms with Gasteiger partial charge in [-0.3, -0.25) is 0 Å². The van der Waals surface area contributed by atoms with Crippen LogP contribution in [0, 0.1) is 5.82 Å². The van der Waals surface area contributed by atoms with Crippen LogP contribution in [-0.2, 0) is 27.7 Å². The highest BCUT2D eigenvalue weighted by Crippen LogP contribution is 2.26. The minimum absolute atomic E-state index is 0.0551. The number of rotatable bonds is 5. The van der Waals surface area contributed by atoms with E-state index >= 15 is 0 Å². The van der Waals surface area contributed by atoms with E-state index in [1.165, 1.54) is 18.4 Å². The van der Waals surface area contributed by atoms with Crippen LogP contribution in [0.5, 0.6) is 0 Å². The van der Waals surface area contributed by atoms with E-state index < -0.39 is 9.84 Å². The van der Waals surface area contributed by atoms with Gasteiger partial charge in [-0.1, -0.05) is 12.1 Å². The Kier molecular flexibility index (Phi) is 4.71. The van der Waals surface area contributed by atoms with Gasteiger partial charge in [-0.15, -0.1) is 0 Å². The first kappa shape index (κ1) is 18.1. The Morgan fingerprint density at radius 3 is 2.78 bits per heavy atom. The van der Waals surface area contributed by atoms with Crippen molar-refractivity contribution in [3.8, 4) is 0 Å². The molecule has 6 nitrogen and oxygen atoms in total. The van der Waals surface area contributed by atoms with Crippen LogP contribution in [0.25, 0.3) is 11.0 Å². The van der Waals surface area contributed by atoms with E-state index in [-0.39, 0.29) is 11.9 Å². The Hall–Kier alpha value is -2.29. The maximum Gasteiger partial charge on any atom is 0.175 e. The van der Waals surface area contributed by atoms with Crippen LogP contribution in [0.4, 0.5) is 4.39 Å². The van der Waals surface area contributed by atoms with Crippen molar-refractivity contribution in [2.75, 3.05) is 19.4 Å². The molecule has 0 saturated heterocycles. The molecule has 0 spiro atoms. The molecular weight excluding hydrogens is 369 g/mol. The van der Waals surface area contributed by atoms with E-state index in [1.807, 2.05) is 12.1 Å². The van der Waals surface area contributed by atoms with Crippen molar-refractivity contribution in [2.45, 2.75) is 24.1 Å². The molecule has 0 aliphatic carbocycles. The number of nitrogens with one attached hydrogen (secondary N) is 1. The highest BCUT2D eigenvalue weighted by Gasteiger charge is 2.23. The molecule has 1 aliphatic rings. The number of imidazole rings is 1. The second-order valence-corrected chi connectivity index (χ2v) is 8.76. The van der Waals surface area contributed by atoms with Gasteiger partial charge >= 0.3 is 0 Å². The lowest BCUT2D eigenvalue weighted by atomic mass is 10.2. The topological polar surface area (TPSA) is 73.2 Å². The molecule has 1 atom stereocenters. The van der Waals surface area contributed by atoms with Gasteiger partial charge in [0.05, 0.1) is 28.6 Å². The Bertz CT molecular complexity index is 1080. The van der Waals surface area contributed by atoms with Crippen molar-refractivity contribution >= 4 is 20.9 Å². The number of sulfone groups is 1. The fourth-order valence-electron chi connectivity index (χ4n) is 3.38. The third-order valence-electron chi connectivity index (χ3n) is 4.69. The van der Waals surface area contributed by atoms with Crippen LogP contribution in [0.3, 0.4) is 0 Å². The third kappa shape index (κ3) is 3.73. The van der Waals surface area contributed by atoms with E-state index in [2.05, 4.69) is 14.9 Å². The molecule has 0 radical (unpaired) electrons. The third-order valence-corrected chi connectivity index (χ3v) is 5.82. The van der Waals surface area contributed by atoms with Gasteiger partial charge in [0.2, 0.25) is 0 Å². The van der Waals surface area contributed by atoms with E-state index in [0.717, 1.165) is 16.9 Å². The molecule has 3 aromatic rings. The van der Waals surface area contributed by atoms with Gasteiger partial charge < -0.3 is 14.6 Å². The minimum atomic E-state index is -3.18. The van der Waals surface area contributed by atoms with Crippen molar-refractivity contribution in [3.05, 3.63) is 59.7 Å². The summed E-state index contributed by atoms with van der Waals surface area (Å²) in [4.78, 5) is 4.79. The summed E-state index contributed by atoms with van der Waals surface area (Å²) in [7, 11) is -3.18. The number of halogens is 1. The summed E-state index contributed by atoms with van der Waals surface area (Å²) >= 11 is 0.